The normalized spacial score (nSPS) is 10.0. The minimum absolute atomic E-state index is 0.0582. The molecule has 22 heavy (non-hydrogen) atoms. The van der Waals surface area contributed by atoms with Crippen LogP contribution in [0.25, 0.3) is 0 Å². The van der Waals surface area contributed by atoms with E-state index in [1.54, 1.807) is 12.1 Å². The Morgan fingerprint density at radius 3 is 2.68 bits per heavy atom. The van der Waals surface area contributed by atoms with Crippen LogP contribution in [-0.4, -0.2) is 17.6 Å². The zero-order chi connectivity index (χ0) is 15.9. The van der Waals surface area contributed by atoms with Crippen LogP contribution in [0.3, 0.4) is 0 Å². The number of rotatable bonds is 6. The van der Waals surface area contributed by atoms with E-state index < -0.39 is 5.97 Å². The number of anilines is 1. The van der Waals surface area contributed by atoms with E-state index in [1.807, 2.05) is 48.2 Å². The van der Waals surface area contributed by atoms with Gasteiger partial charge in [-0.2, -0.15) is 5.26 Å². The summed E-state index contributed by atoms with van der Waals surface area (Å²) in [5.74, 6) is -0.828. The van der Waals surface area contributed by atoms with Crippen molar-refractivity contribution in [1.82, 2.24) is 0 Å². The van der Waals surface area contributed by atoms with Gasteiger partial charge in [0.05, 0.1) is 18.1 Å². The third-order valence-corrected chi connectivity index (χ3v) is 3.56. The van der Waals surface area contributed by atoms with Crippen molar-refractivity contribution in [3.63, 3.8) is 0 Å². The molecular weight excluding hydrogens is 276 g/mol. The second-order valence-electron chi connectivity index (χ2n) is 5.15. The zero-order valence-electron chi connectivity index (χ0n) is 12.5. The Labute approximate surface area is 130 Å². The van der Waals surface area contributed by atoms with Gasteiger partial charge in [0.2, 0.25) is 0 Å². The van der Waals surface area contributed by atoms with Crippen molar-refractivity contribution >= 4 is 11.7 Å². The predicted octanol–water partition coefficient (Wildman–Crippen LogP) is 3.35. The molecule has 0 saturated carbocycles. The fourth-order valence-electron chi connectivity index (χ4n) is 2.30. The lowest BCUT2D eigenvalue weighted by atomic mass is 10.1. The van der Waals surface area contributed by atoms with Gasteiger partial charge in [-0.15, -0.1) is 0 Å². The maximum absolute atomic E-state index is 10.9. The number of aliphatic carboxylic acids is 1. The zero-order valence-corrected chi connectivity index (χ0v) is 12.5. The van der Waals surface area contributed by atoms with Gasteiger partial charge in [-0.1, -0.05) is 30.3 Å². The van der Waals surface area contributed by atoms with E-state index in [0.29, 0.717) is 18.7 Å². The minimum atomic E-state index is -0.828. The van der Waals surface area contributed by atoms with Crippen molar-refractivity contribution in [2.24, 2.45) is 0 Å². The quantitative estimate of drug-likeness (QED) is 0.887. The number of carbonyl (C=O) groups is 1. The molecule has 0 aliphatic carbocycles. The molecule has 0 radical (unpaired) electrons. The van der Waals surface area contributed by atoms with Gasteiger partial charge >= 0.3 is 5.97 Å². The van der Waals surface area contributed by atoms with E-state index in [2.05, 4.69) is 6.07 Å². The topological polar surface area (TPSA) is 64.3 Å². The number of carboxylic acids is 1. The molecule has 0 saturated heterocycles. The fourth-order valence-corrected chi connectivity index (χ4v) is 2.30. The molecule has 0 amide bonds. The Hall–Kier alpha value is -2.80. The molecule has 2 aromatic carbocycles. The summed E-state index contributed by atoms with van der Waals surface area (Å²) in [6.45, 7) is 3.06. The van der Waals surface area contributed by atoms with E-state index in [0.717, 1.165) is 11.3 Å². The second-order valence-corrected chi connectivity index (χ2v) is 5.15. The lowest BCUT2D eigenvalue weighted by molar-refractivity contribution is -0.136. The molecule has 112 valence electrons. The van der Waals surface area contributed by atoms with E-state index in [4.69, 9.17) is 10.4 Å². The number of nitriles is 1. The number of carboxylic acid groups (broad SMARTS) is 1. The van der Waals surface area contributed by atoms with Crippen LogP contribution in [0.1, 0.15) is 23.1 Å². The first kappa shape index (κ1) is 15.6. The summed E-state index contributed by atoms with van der Waals surface area (Å²) < 4.78 is 0. The molecule has 0 fully saturated rings. The molecule has 0 unspecified atom stereocenters. The fraction of sp³-hybridized carbons (Fsp3) is 0.222. The molecule has 4 nitrogen and oxygen atoms in total. The molecule has 2 rings (SSSR count). The van der Waals surface area contributed by atoms with Gasteiger partial charge in [0.25, 0.3) is 0 Å². The monoisotopic (exact) mass is 294 g/mol. The van der Waals surface area contributed by atoms with Crippen LogP contribution in [0.4, 0.5) is 5.69 Å². The summed E-state index contributed by atoms with van der Waals surface area (Å²) in [7, 11) is 0. The van der Waals surface area contributed by atoms with Gasteiger partial charge < -0.3 is 10.0 Å². The smallest absolute Gasteiger partial charge is 0.305 e. The van der Waals surface area contributed by atoms with Crippen LogP contribution in [0.2, 0.25) is 0 Å². The first-order chi connectivity index (χ1) is 10.6. The maximum Gasteiger partial charge on any atom is 0.305 e. The van der Waals surface area contributed by atoms with Crippen molar-refractivity contribution in [1.29, 1.82) is 5.26 Å². The number of benzene rings is 2. The van der Waals surface area contributed by atoms with Crippen molar-refractivity contribution < 1.29 is 9.90 Å². The standard InChI is InChI=1S/C18H18N2O2/c1-14-5-2-3-7-16(14)13-20(10-9-18(21)22)17-8-4-6-15(11-17)12-19/h2-8,11H,9-10,13H2,1H3,(H,21,22). The average Bonchev–Trinajstić information content (AvgIpc) is 2.53. The molecule has 1 N–H and O–H groups in total. The summed E-state index contributed by atoms with van der Waals surface area (Å²) in [6, 6.07) is 17.4. The third-order valence-electron chi connectivity index (χ3n) is 3.56. The van der Waals surface area contributed by atoms with E-state index in [-0.39, 0.29) is 6.42 Å². The number of hydrogen-bond donors (Lipinski definition) is 1. The largest absolute Gasteiger partial charge is 0.481 e. The van der Waals surface area contributed by atoms with Crippen LogP contribution in [-0.2, 0) is 11.3 Å². The predicted molar refractivity (Wildman–Crippen MR) is 85.6 cm³/mol. The second kappa shape index (κ2) is 7.28. The van der Waals surface area contributed by atoms with Crippen LogP contribution in [0.5, 0.6) is 0 Å². The molecule has 0 bridgehead atoms. The molecule has 0 aliphatic heterocycles. The Bertz CT molecular complexity index is 704. The summed E-state index contributed by atoms with van der Waals surface area (Å²) in [5, 5.41) is 18.0. The van der Waals surface area contributed by atoms with Crippen molar-refractivity contribution in [3.05, 3.63) is 65.2 Å². The van der Waals surface area contributed by atoms with Gasteiger partial charge in [0.15, 0.2) is 0 Å². The highest BCUT2D eigenvalue weighted by molar-refractivity contribution is 5.67. The Morgan fingerprint density at radius 2 is 2.00 bits per heavy atom. The lowest BCUT2D eigenvalue weighted by Gasteiger charge is -2.25. The van der Waals surface area contributed by atoms with Gasteiger partial charge in [-0.3, -0.25) is 4.79 Å². The molecule has 0 heterocycles. The molecule has 0 atom stereocenters. The van der Waals surface area contributed by atoms with Crippen molar-refractivity contribution in [2.75, 3.05) is 11.4 Å². The highest BCUT2D eigenvalue weighted by atomic mass is 16.4. The van der Waals surface area contributed by atoms with Crippen molar-refractivity contribution in [3.8, 4) is 6.07 Å². The molecule has 2 aromatic rings. The summed E-state index contributed by atoms with van der Waals surface area (Å²) in [6.07, 6.45) is 0.0582. The molecule has 0 aliphatic rings. The summed E-state index contributed by atoms with van der Waals surface area (Å²) in [4.78, 5) is 12.9. The van der Waals surface area contributed by atoms with Gasteiger partial charge in [-0.05, 0) is 36.2 Å². The highest BCUT2D eigenvalue weighted by Crippen LogP contribution is 2.20. The van der Waals surface area contributed by atoms with Crippen LogP contribution >= 0.6 is 0 Å². The van der Waals surface area contributed by atoms with Gasteiger partial charge in [0, 0.05) is 18.8 Å². The van der Waals surface area contributed by atoms with E-state index >= 15 is 0 Å². The Balaban J connectivity index is 2.27. The molecule has 4 heteroatoms. The third kappa shape index (κ3) is 4.10. The van der Waals surface area contributed by atoms with E-state index in [1.165, 1.54) is 5.56 Å². The molecular formula is C18H18N2O2. The molecule has 0 spiro atoms. The first-order valence-corrected chi connectivity index (χ1v) is 7.11. The van der Waals surface area contributed by atoms with E-state index in [9.17, 15) is 4.79 Å². The van der Waals surface area contributed by atoms with Crippen LogP contribution in [0, 0.1) is 18.3 Å². The Kier molecular flexibility index (Phi) is 5.16. The highest BCUT2D eigenvalue weighted by Gasteiger charge is 2.11. The van der Waals surface area contributed by atoms with Crippen molar-refractivity contribution in [2.45, 2.75) is 19.9 Å². The Morgan fingerprint density at radius 1 is 1.23 bits per heavy atom. The maximum atomic E-state index is 10.9. The van der Waals surface area contributed by atoms with Crippen LogP contribution in [0.15, 0.2) is 48.5 Å². The SMILES string of the molecule is Cc1ccccc1CN(CCC(=O)O)c1cccc(C#N)c1. The lowest BCUT2D eigenvalue weighted by Crippen LogP contribution is -2.26. The number of hydrogen-bond acceptors (Lipinski definition) is 3. The van der Waals surface area contributed by atoms with Crippen LogP contribution < -0.4 is 4.90 Å². The average molecular weight is 294 g/mol. The summed E-state index contributed by atoms with van der Waals surface area (Å²) >= 11 is 0. The molecule has 0 aromatic heterocycles. The first-order valence-electron chi connectivity index (χ1n) is 7.11. The van der Waals surface area contributed by atoms with Gasteiger partial charge in [0.1, 0.15) is 0 Å². The number of aryl methyl sites for hydroxylation is 1. The summed E-state index contributed by atoms with van der Waals surface area (Å²) in [5.41, 5.74) is 3.75. The van der Waals surface area contributed by atoms with Gasteiger partial charge in [-0.25, -0.2) is 0 Å². The minimum Gasteiger partial charge on any atom is -0.481 e. The number of nitrogens with zero attached hydrogens (tertiary/aromatic N) is 2.